The van der Waals surface area contributed by atoms with Crippen molar-refractivity contribution in [1.29, 1.82) is 0 Å². The summed E-state index contributed by atoms with van der Waals surface area (Å²) in [5.41, 5.74) is 3.45. The van der Waals surface area contributed by atoms with Crippen LogP contribution in [0.2, 0.25) is 5.02 Å². The average Bonchev–Trinajstić information content (AvgIpc) is 2.96. The second-order valence-electron chi connectivity index (χ2n) is 6.53. The van der Waals surface area contributed by atoms with E-state index < -0.39 is 11.6 Å². The molecular weight excluding hydrogens is 398 g/mol. The highest BCUT2D eigenvalue weighted by molar-refractivity contribution is 6.31. The van der Waals surface area contributed by atoms with E-state index in [0.717, 1.165) is 28.8 Å². The molecule has 2 aromatic carbocycles. The van der Waals surface area contributed by atoms with E-state index in [9.17, 15) is 8.78 Å². The zero-order valence-corrected chi connectivity index (χ0v) is 16.7. The molecule has 1 N–H and O–H groups in total. The zero-order valence-electron chi connectivity index (χ0n) is 15.9. The lowest BCUT2D eigenvalue weighted by atomic mass is 10.2. The number of aryl methyl sites for hydroxylation is 1. The van der Waals surface area contributed by atoms with Crippen molar-refractivity contribution in [3.63, 3.8) is 0 Å². The number of hydrogen-bond donors (Lipinski definition) is 1. The van der Waals surface area contributed by atoms with Crippen molar-refractivity contribution in [1.82, 2.24) is 14.5 Å². The molecule has 0 aliphatic rings. The van der Waals surface area contributed by atoms with Gasteiger partial charge in [-0.15, -0.1) is 0 Å². The van der Waals surface area contributed by atoms with Crippen LogP contribution < -0.4 is 10.1 Å². The highest BCUT2D eigenvalue weighted by atomic mass is 35.5. The number of fused-ring (bicyclic) bond motifs is 1. The van der Waals surface area contributed by atoms with Crippen LogP contribution in [0.1, 0.15) is 11.3 Å². The Balaban J connectivity index is 1.91. The zero-order chi connectivity index (χ0) is 20.7. The Labute approximate surface area is 170 Å². The van der Waals surface area contributed by atoms with E-state index in [1.54, 1.807) is 29.9 Å². The van der Waals surface area contributed by atoms with Gasteiger partial charge in [0.2, 0.25) is 0 Å². The van der Waals surface area contributed by atoms with E-state index >= 15 is 0 Å². The fraction of sp³-hybridized carbons (Fsp3) is 0.143. The number of anilines is 2. The van der Waals surface area contributed by atoms with Gasteiger partial charge in [-0.05, 0) is 49.7 Å². The number of halogens is 3. The maximum Gasteiger partial charge on any atom is 0.160 e. The quantitative estimate of drug-likeness (QED) is 0.464. The molecule has 4 rings (SSSR count). The van der Waals surface area contributed by atoms with E-state index in [2.05, 4.69) is 15.3 Å². The monoisotopic (exact) mass is 414 g/mol. The number of nitrogens with one attached hydrogen (secondary N) is 1. The third-order valence-electron chi connectivity index (χ3n) is 4.87. The summed E-state index contributed by atoms with van der Waals surface area (Å²) in [4.78, 5) is 8.77. The van der Waals surface area contributed by atoms with Gasteiger partial charge >= 0.3 is 0 Å². The predicted octanol–water partition coefficient (Wildman–Crippen LogP) is 5.72. The summed E-state index contributed by atoms with van der Waals surface area (Å²) in [6.45, 7) is 3.82. The highest BCUT2D eigenvalue weighted by Gasteiger charge is 2.19. The highest BCUT2D eigenvalue weighted by Crippen LogP contribution is 2.35. The molecule has 0 spiro atoms. The average molecular weight is 415 g/mol. The minimum atomic E-state index is -0.919. The first-order valence-electron chi connectivity index (χ1n) is 8.79. The van der Waals surface area contributed by atoms with Crippen LogP contribution in [-0.4, -0.2) is 21.6 Å². The molecule has 148 valence electrons. The maximum atomic E-state index is 13.8. The molecule has 0 bridgehead atoms. The third-order valence-corrected chi connectivity index (χ3v) is 5.10. The second-order valence-corrected chi connectivity index (χ2v) is 6.97. The van der Waals surface area contributed by atoms with Crippen molar-refractivity contribution < 1.29 is 13.5 Å². The van der Waals surface area contributed by atoms with Gasteiger partial charge in [0, 0.05) is 16.8 Å². The van der Waals surface area contributed by atoms with Crippen molar-refractivity contribution in [2.45, 2.75) is 13.8 Å². The Morgan fingerprint density at radius 1 is 1.03 bits per heavy atom. The molecule has 2 heterocycles. The first-order valence-corrected chi connectivity index (χ1v) is 9.17. The Hall–Kier alpha value is -3.19. The lowest BCUT2D eigenvalue weighted by Gasteiger charge is -2.12. The summed E-state index contributed by atoms with van der Waals surface area (Å²) in [6, 6.07) is 8.99. The van der Waals surface area contributed by atoms with Crippen LogP contribution >= 0.6 is 11.6 Å². The Morgan fingerprint density at radius 2 is 1.83 bits per heavy atom. The van der Waals surface area contributed by atoms with Gasteiger partial charge < -0.3 is 10.1 Å². The Kier molecular flexibility index (Phi) is 4.84. The van der Waals surface area contributed by atoms with Gasteiger partial charge in [0.1, 0.15) is 17.9 Å². The largest absolute Gasteiger partial charge is 0.495 e. The smallest absolute Gasteiger partial charge is 0.160 e. The van der Waals surface area contributed by atoms with Crippen LogP contribution in [0.4, 0.5) is 20.3 Å². The number of aromatic nitrogens is 3. The van der Waals surface area contributed by atoms with E-state index in [0.29, 0.717) is 33.6 Å². The number of benzene rings is 2. The van der Waals surface area contributed by atoms with Crippen molar-refractivity contribution in [2.75, 3.05) is 12.4 Å². The number of rotatable bonds is 4. The lowest BCUT2D eigenvalue weighted by Crippen LogP contribution is -2.01. The Bertz CT molecular complexity index is 1240. The fourth-order valence-electron chi connectivity index (χ4n) is 3.34. The van der Waals surface area contributed by atoms with Crippen LogP contribution in [0.15, 0.2) is 42.7 Å². The van der Waals surface area contributed by atoms with Gasteiger partial charge in [-0.1, -0.05) is 11.6 Å². The minimum absolute atomic E-state index is 0.476. The van der Waals surface area contributed by atoms with Crippen molar-refractivity contribution in [2.24, 2.45) is 0 Å². The van der Waals surface area contributed by atoms with Crippen molar-refractivity contribution in [3.05, 3.63) is 70.6 Å². The van der Waals surface area contributed by atoms with Gasteiger partial charge in [0.05, 0.1) is 23.9 Å². The summed E-state index contributed by atoms with van der Waals surface area (Å²) in [7, 11) is 1.57. The number of methoxy groups -OCH3 is 1. The van der Waals surface area contributed by atoms with Crippen LogP contribution in [-0.2, 0) is 0 Å². The van der Waals surface area contributed by atoms with Gasteiger partial charge in [-0.25, -0.2) is 18.7 Å². The van der Waals surface area contributed by atoms with Crippen LogP contribution in [0, 0.1) is 25.5 Å². The van der Waals surface area contributed by atoms with Crippen molar-refractivity contribution >= 4 is 34.1 Å². The fourth-order valence-corrected chi connectivity index (χ4v) is 3.51. The molecule has 0 radical (unpaired) electrons. The molecule has 5 nitrogen and oxygen atoms in total. The SMILES string of the molecule is COc1ccc(Cl)cc1Nc1ncnc2c1c(C)c(C)n2-c1ccc(F)c(F)c1. The summed E-state index contributed by atoms with van der Waals surface area (Å²) in [5.74, 6) is -0.657. The van der Waals surface area contributed by atoms with E-state index in [1.807, 2.05) is 13.8 Å². The van der Waals surface area contributed by atoms with E-state index in [1.165, 1.54) is 12.4 Å². The van der Waals surface area contributed by atoms with Gasteiger partial charge in [0.25, 0.3) is 0 Å². The molecule has 0 fully saturated rings. The number of hydrogen-bond acceptors (Lipinski definition) is 4. The first-order chi connectivity index (χ1) is 13.9. The molecule has 4 aromatic rings. The summed E-state index contributed by atoms with van der Waals surface area (Å²) in [5, 5.41) is 4.56. The van der Waals surface area contributed by atoms with Crippen molar-refractivity contribution in [3.8, 4) is 11.4 Å². The second kappa shape index (κ2) is 7.33. The topological polar surface area (TPSA) is 52.0 Å². The number of nitrogens with zero attached hydrogens (tertiary/aromatic N) is 3. The molecule has 8 heteroatoms. The van der Waals surface area contributed by atoms with Gasteiger partial charge in [-0.2, -0.15) is 0 Å². The van der Waals surface area contributed by atoms with Gasteiger partial charge in [-0.3, -0.25) is 4.57 Å². The predicted molar refractivity (Wildman–Crippen MR) is 110 cm³/mol. The Morgan fingerprint density at radius 3 is 2.55 bits per heavy atom. The molecule has 0 saturated carbocycles. The van der Waals surface area contributed by atoms with Crippen LogP contribution in [0.5, 0.6) is 5.75 Å². The van der Waals surface area contributed by atoms with Crippen LogP contribution in [0.25, 0.3) is 16.7 Å². The van der Waals surface area contributed by atoms with E-state index in [-0.39, 0.29) is 0 Å². The van der Waals surface area contributed by atoms with Crippen LogP contribution in [0.3, 0.4) is 0 Å². The molecule has 0 atom stereocenters. The first kappa shape index (κ1) is 19.1. The molecular formula is C21H17ClF2N4O. The summed E-state index contributed by atoms with van der Waals surface area (Å²) >= 11 is 6.13. The molecule has 0 unspecified atom stereocenters. The molecule has 29 heavy (non-hydrogen) atoms. The molecule has 0 aliphatic carbocycles. The third kappa shape index (κ3) is 3.27. The van der Waals surface area contributed by atoms with Gasteiger partial charge in [0.15, 0.2) is 17.3 Å². The van der Waals surface area contributed by atoms with E-state index in [4.69, 9.17) is 16.3 Å². The molecule has 0 aliphatic heterocycles. The summed E-state index contributed by atoms with van der Waals surface area (Å²) in [6.07, 6.45) is 1.41. The maximum absolute atomic E-state index is 13.8. The molecule has 2 aromatic heterocycles. The number of ether oxygens (including phenoxy) is 1. The molecule has 0 saturated heterocycles. The lowest BCUT2D eigenvalue weighted by molar-refractivity contribution is 0.417. The summed E-state index contributed by atoms with van der Waals surface area (Å²) < 4.78 is 34.4. The molecule has 0 amide bonds. The normalized spacial score (nSPS) is 11.1. The standard InChI is InChI=1S/C21H17ClF2N4O/c1-11-12(2)28(14-5-6-15(23)16(24)9-14)21-19(11)20(25-10-26-21)27-17-8-13(22)4-7-18(17)29-3/h4-10H,1-3H3,(H,25,26,27). The minimum Gasteiger partial charge on any atom is -0.495 e.